The van der Waals surface area contributed by atoms with Crippen molar-refractivity contribution in [2.24, 2.45) is 0 Å². The van der Waals surface area contributed by atoms with Gasteiger partial charge in [-0.05, 0) is 0 Å². The van der Waals surface area contributed by atoms with Gasteiger partial charge in [0.25, 0.3) is 0 Å². The van der Waals surface area contributed by atoms with E-state index in [0.717, 1.165) is 50.7 Å². The topological polar surface area (TPSA) is 71.4 Å². The van der Waals surface area contributed by atoms with E-state index >= 15 is 0 Å². The summed E-state index contributed by atoms with van der Waals surface area (Å²) >= 11 is -8.38. The van der Waals surface area contributed by atoms with E-state index in [4.69, 9.17) is 17.2 Å². The second kappa shape index (κ2) is 21.1. The maximum absolute atomic E-state index is 12.6. The Morgan fingerprint density at radius 2 is 0.824 bits per heavy atom. The van der Waals surface area contributed by atoms with E-state index < -0.39 is 32.7 Å². The molecule has 1 aromatic rings. The van der Waals surface area contributed by atoms with Gasteiger partial charge in [-0.15, -0.1) is 0 Å². The first-order chi connectivity index (χ1) is 15.1. The molecule has 3 nitrogen and oxygen atoms in total. The molecule has 0 aliphatic heterocycles. The van der Waals surface area contributed by atoms with Crippen LogP contribution in [-0.2, 0) is 26.2 Å². The van der Waals surface area contributed by atoms with Crippen molar-refractivity contribution >= 4 is 17.7 Å². The van der Waals surface area contributed by atoms with Crippen molar-refractivity contribution in [3.63, 3.8) is 0 Å². The Kier molecular flexibility index (Phi) is 25.6. The van der Waals surface area contributed by atoms with Crippen LogP contribution < -0.4 is 4.40 Å². The molecular formula is C20H34F9GeN3Zr. The molecule has 0 amide bonds. The van der Waals surface area contributed by atoms with Crippen LogP contribution >= 0.6 is 0 Å². The molecule has 1 rings (SSSR count). The first-order valence-corrected chi connectivity index (χ1v) is 14.7. The fourth-order valence-electron chi connectivity index (χ4n) is 2.13. The van der Waals surface area contributed by atoms with Crippen LogP contribution in [0.4, 0.5) is 39.5 Å². The molecule has 1 aromatic carbocycles. The second-order valence-electron chi connectivity index (χ2n) is 6.73. The molecule has 0 aromatic heterocycles. The van der Waals surface area contributed by atoms with Crippen molar-refractivity contribution in [3.05, 3.63) is 41.5 Å². The van der Waals surface area contributed by atoms with Crippen molar-refractivity contribution in [3.8, 4) is 0 Å². The van der Waals surface area contributed by atoms with Gasteiger partial charge in [0.15, 0.2) is 0 Å². The molecule has 0 saturated carbocycles. The van der Waals surface area contributed by atoms with Crippen LogP contribution in [0.2, 0.25) is 0 Å². The molecule has 3 N–H and O–H groups in total. The summed E-state index contributed by atoms with van der Waals surface area (Å²) in [5.41, 5.74) is 19.8. The Hall–Kier alpha value is 0.0260. The standard InChI is InChI=1S/C8H4F9Ge.3C4H10N.Zr/c9-6(10,11)18(7(12,13)14,8(15,16)17)5-3-1-2-4-5;3*1-2-3-4-5;/h1-4H;3*5H,2-4H2,1H3;/q4*-1;+4. The van der Waals surface area contributed by atoms with E-state index in [9.17, 15) is 39.5 Å². The van der Waals surface area contributed by atoms with Gasteiger partial charge in [0.2, 0.25) is 0 Å². The third-order valence-electron chi connectivity index (χ3n) is 3.96. The van der Waals surface area contributed by atoms with E-state index in [1.165, 1.54) is 0 Å². The zero-order valence-electron chi connectivity index (χ0n) is 19.6. The monoisotopic (exact) mass is 651 g/mol. The smallest absolute Gasteiger partial charge is 4.00 e. The Morgan fingerprint density at radius 1 is 0.588 bits per heavy atom. The summed E-state index contributed by atoms with van der Waals surface area (Å²) in [6, 6.07) is 1.90. The molecule has 0 bridgehead atoms. The molecule has 200 valence electrons. The molecular weight excluding hydrogens is 617 g/mol. The molecule has 0 radical (unpaired) electrons. The summed E-state index contributed by atoms with van der Waals surface area (Å²) in [7, 11) is 0. The third kappa shape index (κ3) is 14.6. The molecule has 0 atom stereocenters. The Bertz CT molecular complexity index is 493. The minimum absolute atomic E-state index is 0. The van der Waals surface area contributed by atoms with Crippen LogP contribution in [0.3, 0.4) is 0 Å². The summed E-state index contributed by atoms with van der Waals surface area (Å²) in [6.07, 6.45) is 6.64. The van der Waals surface area contributed by atoms with Crippen LogP contribution in [0.25, 0.3) is 17.2 Å². The average Bonchev–Trinajstić information content (AvgIpc) is 3.16. The summed E-state index contributed by atoms with van der Waals surface area (Å²) in [5.74, 6) is 0. The van der Waals surface area contributed by atoms with Crippen molar-refractivity contribution in [2.45, 2.75) is 74.3 Å². The maximum Gasteiger partial charge on any atom is 4.00 e. The number of alkyl halides is 9. The van der Waals surface area contributed by atoms with Crippen molar-refractivity contribution < 1.29 is 65.7 Å². The van der Waals surface area contributed by atoms with Gasteiger partial charge in [-0.3, -0.25) is 0 Å². The fourth-order valence-corrected chi connectivity index (χ4v) is 7.66. The van der Waals surface area contributed by atoms with Crippen molar-refractivity contribution in [2.75, 3.05) is 19.6 Å². The van der Waals surface area contributed by atoms with Crippen LogP contribution in [0.15, 0.2) is 24.3 Å². The van der Waals surface area contributed by atoms with Gasteiger partial charge < -0.3 is 17.2 Å². The van der Waals surface area contributed by atoms with E-state index in [1.54, 1.807) is 0 Å². The van der Waals surface area contributed by atoms with Crippen molar-refractivity contribution in [1.29, 1.82) is 0 Å². The second-order valence-corrected chi connectivity index (χ2v) is 14.7. The van der Waals surface area contributed by atoms with Gasteiger partial charge in [0.05, 0.1) is 0 Å². The van der Waals surface area contributed by atoms with E-state index in [0.29, 0.717) is 19.6 Å². The molecule has 0 unspecified atom stereocenters. The summed E-state index contributed by atoms with van der Waals surface area (Å²) in [4.78, 5) is 0. The molecule has 0 aliphatic carbocycles. The minimum atomic E-state index is -8.38. The number of halogens is 9. The summed E-state index contributed by atoms with van der Waals surface area (Å²) in [6.45, 7) is 8.06. The normalized spacial score (nSPS) is 11.6. The molecule has 0 fully saturated rings. The summed E-state index contributed by atoms with van der Waals surface area (Å²) in [5, 5.41) is -19.1. The largest absolute Gasteiger partial charge is 4.00 e. The number of nitrogens with one attached hydrogen (secondary N) is 3. The number of rotatable bonds is 7. The van der Waals surface area contributed by atoms with Crippen LogP contribution in [-0.4, -0.2) is 47.9 Å². The van der Waals surface area contributed by atoms with E-state index in [1.807, 2.05) is 0 Å². The Morgan fingerprint density at radius 3 is 0.941 bits per heavy atom. The van der Waals surface area contributed by atoms with Gasteiger partial charge in [0, 0.05) is 0 Å². The molecule has 34 heavy (non-hydrogen) atoms. The third-order valence-corrected chi connectivity index (χ3v) is 11.8. The van der Waals surface area contributed by atoms with Crippen LogP contribution in [0.5, 0.6) is 0 Å². The Balaban J connectivity index is -0.000000231. The SMILES string of the molecule is CCCC[NH-].CCCC[NH-].CCCC[NH-].F[C](F)(F)[Ge]([c-]1cccc1)([C](F)(F)F)[C](F)(F)F.[Zr+4]. The maximum atomic E-state index is 12.6. The quantitative estimate of drug-likeness (QED) is 0.161. The van der Waals surface area contributed by atoms with Crippen LogP contribution in [0.1, 0.15) is 59.3 Å². The average molecular weight is 651 g/mol. The Labute approximate surface area is 218 Å². The fraction of sp³-hybridized carbons (Fsp3) is 0.750. The molecule has 0 aliphatic rings. The predicted molar refractivity (Wildman–Crippen MR) is 118 cm³/mol. The summed E-state index contributed by atoms with van der Waals surface area (Å²) < 4.78 is 111. The minimum Gasteiger partial charge on any atom is 4.00 e. The first-order valence-electron chi connectivity index (χ1n) is 10.5. The molecule has 0 spiro atoms. The number of unbranched alkanes of at least 4 members (excludes halogenated alkanes) is 3. The predicted octanol–water partition coefficient (Wildman–Crippen LogP) is 8.88. The van der Waals surface area contributed by atoms with Crippen molar-refractivity contribution in [1.82, 2.24) is 0 Å². The van der Waals surface area contributed by atoms with Gasteiger partial charge in [-0.1, -0.05) is 59.3 Å². The van der Waals surface area contributed by atoms with Crippen LogP contribution in [0, 0.1) is 0 Å². The molecule has 0 heterocycles. The number of hydrogen-bond acceptors (Lipinski definition) is 0. The van der Waals surface area contributed by atoms with E-state index in [2.05, 4.69) is 20.8 Å². The van der Waals surface area contributed by atoms with Gasteiger partial charge in [0.1, 0.15) is 0 Å². The molecule has 14 heteroatoms. The van der Waals surface area contributed by atoms with Gasteiger partial charge >= 0.3 is 123 Å². The first kappa shape index (κ1) is 41.2. The molecule has 0 saturated heterocycles. The van der Waals surface area contributed by atoms with E-state index in [-0.39, 0.29) is 38.3 Å². The zero-order chi connectivity index (χ0) is 26.8. The van der Waals surface area contributed by atoms with Gasteiger partial charge in [-0.25, -0.2) is 0 Å². The zero-order valence-corrected chi connectivity index (χ0v) is 24.1. The van der Waals surface area contributed by atoms with Gasteiger partial charge in [-0.2, -0.15) is 19.6 Å². The number of hydrogen-bond donors (Lipinski definition) is 0.